The lowest BCUT2D eigenvalue weighted by molar-refractivity contribution is 0.0419. The van der Waals surface area contributed by atoms with Crippen LogP contribution in [0.15, 0.2) is 0 Å². The topological polar surface area (TPSA) is 70.6 Å². The van der Waals surface area contributed by atoms with Crippen molar-refractivity contribution in [3.05, 3.63) is 0 Å². The molecule has 0 saturated carbocycles. The third-order valence-electron chi connectivity index (χ3n) is 2.42. The molecule has 0 aromatic rings. The second kappa shape index (κ2) is 5.50. The quantitative estimate of drug-likeness (QED) is 0.617. The first-order valence-corrected chi connectivity index (χ1v) is 5.77. The molecule has 1 rings (SSSR count). The molecule has 2 unspecified atom stereocenters. The molecule has 5 nitrogen and oxygen atoms in total. The summed E-state index contributed by atoms with van der Waals surface area (Å²) in [5.41, 5.74) is -0.502. The number of amides is 1. The van der Waals surface area contributed by atoms with Crippen molar-refractivity contribution in [1.29, 1.82) is 0 Å². The number of aliphatic hydroxyl groups is 1. The Hall–Kier alpha value is -0.810. The molecule has 0 aliphatic carbocycles. The lowest BCUT2D eigenvalue weighted by atomic mass is 10.1. The van der Waals surface area contributed by atoms with Crippen LogP contribution in [0.25, 0.3) is 0 Å². The molecule has 0 radical (unpaired) electrons. The highest BCUT2D eigenvalue weighted by Gasteiger charge is 2.25. The van der Waals surface area contributed by atoms with E-state index in [9.17, 15) is 9.90 Å². The van der Waals surface area contributed by atoms with E-state index >= 15 is 0 Å². The molecule has 1 amide bonds. The van der Waals surface area contributed by atoms with Crippen molar-refractivity contribution in [1.82, 2.24) is 10.6 Å². The van der Waals surface area contributed by atoms with E-state index in [4.69, 9.17) is 4.74 Å². The number of ether oxygens (including phenoxy) is 1. The molecule has 5 heteroatoms. The van der Waals surface area contributed by atoms with Gasteiger partial charge in [-0.3, -0.25) is 0 Å². The molecule has 0 aromatic carbocycles. The zero-order valence-electron chi connectivity index (χ0n) is 10.2. The Balaban J connectivity index is 2.42. The van der Waals surface area contributed by atoms with Gasteiger partial charge in [-0.2, -0.15) is 0 Å². The largest absolute Gasteiger partial charge is 0.444 e. The molecule has 3 N–H and O–H groups in total. The Morgan fingerprint density at radius 2 is 2.00 bits per heavy atom. The van der Waals surface area contributed by atoms with Crippen LogP contribution in [0, 0.1) is 0 Å². The van der Waals surface area contributed by atoms with E-state index in [0.717, 1.165) is 19.5 Å². The zero-order chi connectivity index (χ0) is 12.2. The maximum absolute atomic E-state index is 11.5. The molecular weight excluding hydrogens is 208 g/mol. The first-order chi connectivity index (χ1) is 7.38. The molecule has 16 heavy (non-hydrogen) atoms. The highest BCUT2D eigenvalue weighted by molar-refractivity contribution is 5.68. The van der Waals surface area contributed by atoms with Crippen LogP contribution in [0.3, 0.4) is 0 Å². The number of rotatable bonds is 1. The van der Waals surface area contributed by atoms with Crippen LogP contribution < -0.4 is 10.6 Å². The predicted octanol–water partition coefficient (Wildman–Crippen LogP) is 0.624. The minimum absolute atomic E-state index is 0.218. The minimum Gasteiger partial charge on any atom is -0.444 e. The first-order valence-electron chi connectivity index (χ1n) is 5.77. The van der Waals surface area contributed by atoms with Crippen LogP contribution in [-0.2, 0) is 4.74 Å². The predicted molar refractivity (Wildman–Crippen MR) is 61.3 cm³/mol. The van der Waals surface area contributed by atoms with Crippen LogP contribution >= 0.6 is 0 Å². The summed E-state index contributed by atoms with van der Waals surface area (Å²) < 4.78 is 5.15. The fourth-order valence-electron chi connectivity index (χ4n) is 1.65. The molecule has 0 bridgehead atoms. The van der Waals surface area contributed by atoms with Crippen molar-refractivity contribution in [2.75, 3.05) is 13.1 Å². The van der Waals surface area contributed by atoms with E-state index < -0.39 is 17.8 Å². The third-order valence-corrected chi connectivity index (χ3v) is 2.42. The Bertz CT molecular complexity index is 238. The van der Waals surface area contributed by atoms with Gasteiger partial charge >= 0.3 is 6.09 Å². The van der Waals surface area contributed by atoms with E-state index in [0.29, 0.717) is 6.42 Å². The van der Waals surface area contributed by atoms with Gasteiger partial charge < -0.3 is 20.5 Å². The first kappa shape index (κ1) is 13.3. The lowest BCUT2D eigenvalue weighted by Crippen LogP contribution is -2.45. The van der Waals surface area contributed by atoms with Crippen molar-refractivity contribution >= 4 is 6.09 Å². The van der Waals surface area contributed by atoms with Gasteiger partial charge in [0, 0.05) is 0 Å². The van der Waals surface area contributed by atoms with Crippen LogP contribution in [0.1, 0.15) is 33.6 Å². The summed E-state index contributed by atoms with van der Waals surface area (Å²) >= 11 is 0. The van der Waals surface area contributed by atoms with Crippen molar-refractivity contribution < 1.29 is 14.6 Å². The molecule has 0 aromatic heterocycles. The fourth-order valence-corrected chi connectivity index (χ4v) is 1.65. The summed E-state index contributed by atoms with van der Waals surface area (Å²) in [7, 11) is 0. The lowest BCUT2D eigenvalue weighted by Gasteiger charge is -2.25. The molecule has 94 valence electrons. The summed E-state index contributed by atoms with van der Waals surface area (Å²) in [6.45, 7) is 7.04. The molecule has 1 saturated heterocycles. The van der Waals surface area contributed by atoms with Gasteiger partial charge in [0.1, 0.15) is 5.60 Å². The van der Waals surface area contributed by atoms with Crippen molar-refractivity contribution in [2.24, 2.45) is 0 Å². The van der Waals surface area contributed by atoms with Crippen LogP contribution in [0.2, 0.25) is 0 Å². The second-order valence-electron chi connectivity index (χ2n) is 5.15. The normalized spacial score (nSPS) is 27.0. The van der Waals surface area contributed by atoms with Gasteiger partial charge in [-0.05, 0) is 46.7 Å². The zero-order valence-corrected chi connectivity index (χ0v) is 10.2. The molecule has 0 spiro atoms. The number of carbonyl (C=O) groups excluding carboxylic acids is 1. The number of hydrogen-bond acceptors (Lipinski definition) is 4. The maximum Gasteiger partial charge on any atom is 0.407 e. The van der Waals surface area contributed by atoms with Crippen molar-refractivity contribution in [2.45, 2.75) is 51.4 Å². The number of aliphatic hydroxyl groups excluding tert-OH is 1. The maximum atomic E-state index is 11.5. The summed E-state index contributed by atoms with van der Waals surface area (Å²) in [6, 6.07) is -0.218. The summed E-state index contributed by atoms with van der Waals surface area (Å²) in [4.78, 5) is 11.5. The van der Waals surface area contributed by atoms with Crippen LogP contribution in [-0.4, -0.2) is 42.0 Å². The van der Waals surface area contributed by atoms with E-state index in [1.54, 1.807) is 0 Å². The van der Waals surface area contributed by atoms with Crippen molar-refractivity contribution in [3.63, 3.8) is 0 Å². The number of nitrogens with one attached hydrogen (secondary N) is 2. The van der Waals surface area contributed by atoms with Gasteiger partial charge in [0.05, 0.1) is 12.1 Å². The van der Waals surface area contributed by atoms with Gasteiger partial charge in [-0.25, -0.2) is 4.79 Å². The highest BCUT2D eigenvalue weighted by atomic mass is 16.6. The molecule has 2 atom stereocenters. The molecule has 1 heterocycles. The Morgan fingerprint density at radius 3 is 2.62 bits per heavy atom. The Labute approximate surface area is 96.6 Å². The van der Waals surface area contributed by atoms with E-state index in [-0.39, 0.29) is 6.04 Å². The molecule has 1 aliphatic rings. The summed E-state index contributed by atoms with van der Waals surface area (Å²) in [5, 5.41) is 15.7. The molecular formula is C11H22N2O3. The van der Waals surface area contributed by atoms with Gasteiger partial charge in [-0.1, -0.05) is 0 Å². The Kier molecular flexibility index (Phi) is 4.56. The molecule has 1 fully saturated rings. The number of hydrogen-bond donors (Lipinski definition) is 3. The van der Waals surface area contributed by atoms with E-state index in [1.807, 2.05) is 20.8 Å². The smallest absolute Gasteiger partial charge is 0.407 e. The van der Waals surface area contributed by atoms with Gasteiger partial charge in [0.2, 0.25) is 0 Å². The SMILES string of the molecule is CC(C)(C)OC(=O)NC1CCNCCC1O. The van der Waals surface area contributed by atoms with E-state index in [1.165, 1.54) is 0 Å². The summed E-state index contributed by atoms with van der Waals surface area (Å²) in [5.74, 6) is 0. The molecule has 1 aliphatic heterocycles. The van der Waals surface area contributed by atoms with Gasteiger partial charge in [0.15, 0.2) is 0 Å². The van der Waals surface area contributed by atoms with Crippen molar-refractivity contribution in [3.8, 4) is 0 Å². The van der Waals surface area contributed by atoms with Crippen LogP contribution in [0.5, 0.6) is 0 Å². The average Bonchev–Trinajstić information content (AvgIpc) is 2.29. The average molecular weight is 230 g/mol. The second-order valence-corrected chi connectivity index (χ2v) is 5.15. The van der Waals surface area contributed by atoms with Gasteiger partial charge in [-0.15, -0.1) is 0 Å². The van der Waals surface area contributed by atoms with Crippen LogP contribution in [0.4, 0.5) is 4.79 Å². The standard InChI is InChI=1S/C11H22N2O3/c1-11(2,3)16-10(15)13-8-4-6-12-7-5-9(8)14/h8-9,12,14H,4-7H2,1-3H3,(H,13,15). The monoisotopic (exact) mass is 230 g/mol. The Morgan fingerprint density at radius 1 is 1.38 bits per heavy atom. The number of alkyl carbamates (subject to hydrolysis) is 1. The highest BCUT2D eigenvalue weighted by Crippen LogP contribution is 2.10. The van der Waals surface area contributed by atoms with Gasteiger partial charge in [0.25, 0.3) is 0 Å². The fraction of sp³-hybridized carbons (Fsp3) is 0.909. The third kappa shape index (κ3) is 4.81. The number of carbonyl (C=O) groups is 1. The minimum atomic E-state index is -0.502. The summed E-state index contributed by atoms with van der Waals surface area (Å²) in [6.07, 6.45) is 0.418. The van der Waals surface area contributed by atoms with E-state index in [2.05, 4.69) is 10.6 Å².